The first-order valence-corrected chi connectivity index (χ1v) is 9.78. The number of hydrogen-bond acceptors (Lipinski definition) is 6. The van der Waals surface area contributed by atoms with Gasteiger partial charge in [0.25, 0.3) is 0 Å². The lowest BCUT2D eigenvalue weighted by Gasteiger charge is -2.38. The molecule has 156 valence electrons. The van der Waals surface area contributed by atoms with Crippen LogP contribution in [-0.4, -0.2) is 52.7 Å². The van der Waals surface area contributed by atoms with E-state index >= 15 is 0 Å². The SMILES string of the molecule is COc1ccc(C[C@@H]2c3cc(OC)c(OC)cc3CCN2CCC=O)cc1OC. The fourth-order valence-electron chi connectivity index (χ4n) is 4.04. The molecule has 0 aliphatic carbocycles. The number of fused-ring (bicyclic) bond motifs is 1. The Labute approximate surface area is 172 Å². The molecule has 0 saturated heterocycles. The van der Waals surface area contributed by atoms with Crippen molar-refractivity contribution in [3.8, 4) is 23.0 Å². The lowest BCUT2D eigenvalue weighted by atomic mass is 9.88. The van der Waals surface area contributed by atoms with Crippen LogP contribution in [0.15, 0.2) is 30.3 Å². The van der Waals surface area contributed by atoms with Crippen molar-refractivity contribution >= 4 is 6.29 Å². The number of aldehydes is 1. The van der Waals surface area contributed by atoms with Crippen LogP contribution >= 0.6 is 0 Å². The molecule has 0 radical (unpaired) electrons. The highest BCUT2D eigenvalue weighted by atomic mass is 16.5. The smallest absolute Gasteiger partial charge is 0.161 e. The Morgan fingerprint density at radius 2 is 1.59 bits per heavy atom. The molecule has 1 aliphatic rings. The Kier molecular flexibility index (Phi) is 6.99. The summed E-state index contributed by atoms with van der Waals surface area (Å²) in [6, 6.07) is 10.3. The second-order valence-electron chi connectivity index (χ2n) is 7.06. The number of nitrogens with zero attached hydrogens (tertiary/aromatic N) is 1. The molecule has 2 aromatic rings. The average molecular weight is 399 g/mol. The minimum atomic E-state index is 0.136. The largest absolute Gasteiger partial charge is 0.493 e. The van der Waals surface area contributed by atoms with Crippen molar-refractivity contribution in [2.45, 2.75) is 25.3 Å². The van der Waals surface area contributed by atoms with E-state index in [4.69, 9.17) is 18.9 Å². The summed E-state index contributed by atoms with van der Waals surface area (Å²) in [6.07, 6.45) is 3.21. The lowest BCUT2D eigenvalue weighted by molar-refractivity contribution is -0.108. The normalized spacial score (nSPS) is 16.1. The first kappa shape index (κ1) is 21.0. The summed E-state index contributed by atoms with van der Waals surface area (Å²) >= 11 is 0. The predicted molar refractivity (Wildman–Crippen MR) is 111 cm³/mol. The Balaban J connectivity index is 1.99. The van der Waals surface area contributed by atoms with Gasteiger partial charge in [-0.3, -0.25) is 4.90 Å². The van der Waals surface area contributed by atoms with Crippen molar-refractivity contribution in [2.24, 2.45) is 0 Å². The van der Waals surface area contributed by atoms with Crippen molar-refractivity contribution in [2.75, 3.05) is 41.5 Å². The van der Waals surface area contributed by atoms with E-state index in [0.717, 1.165) is 49.3 Å². The molecule has 0 saturated carbocycles. The maximum Gasteiger partial charge on any atom is 0.161 e. The Hall–Kier alpha value is -2.73. The molecular weight excluding hydrogens is 370 g/mol. The van der Waals surface area contributed by atoms with E-state index < -0.39 is 0 Å². The van der Waals surface area contributed by atoms with Crippen LogP contribution in [0.4, 0.5) is 0 Å². The number of carbonyl (C=O) groups is 1. The third-order valence-corrected chi connectivity index (χ3v) is 5.52. The van der Waals surface area contributed by atoms with Gasteiger partial charge in [0, 0.05) is 25.6 Å². The van der Waals surface area contributed by atoms with Gasteiger partial charge in [-0.1, -0.05) is 6.07 Å². The summed E-state index contributed by atoms with van der Waals surface area (Å²) in [5.74, 6) is 2.90. The molecular formula is C23H29NO5. The van der Waals surface area contributed by atoms with Gasteiger partial charge >= 0.3 is 0 Å². The van der Waals surface area contributed by atoms with Gasteiger partial charge in [0.2, 0.25) is 0 Å². The van der Waals surface area contributed by atoms with E-state index in [1.165, 1.54) is 11.1 Å². The highest BCUT2D eigenvalue weighted by Crippen LogP contribution is 2.40. The molecule has 0 amide bonds. The summed E-state index contributed by atoms with van der Waals surface area (Å²) in [5, 5.41) is 0. The van der Waals surface area contributed by atoms with Gasteiger partial charge in [0.15, 0.2) is 23.0 Å². The predicted octanol–water partition coefficient (Wildman–Crippen LogP) is 3.45. The number of benzene rings is 2. The highest BCUT2D eigenvalue weighted by molar-refractivity contribution is 5.51. The first-order valence-electron chi connectivity index (χ1n) is 9.78. The summed E-state index contributed by atoms with van der Waals surface area (Å²) in [4.78, 5) is 13.4. The van der Waals surface area contributed by atoms with Crippen molar-refractivity contribution < 1.29 is 23.7 Å². The molecule has 1 heterocycles. The van der Waals surface area contributed by atoms with Crippen molar-refractivity contribution in [3.05, 3.63) is 47.0 Å². The maximum absolute atomic E-state index is 11.0. The van der Waals surface area contributed by atoms with Crippen molar-refractivity contribution in [1.29, 1.82) is 0 Å². The number of carbonyl (C=O) groups excluding carboxylic acids is 1. The van der Waals surface area contributed by atoms with E-state index in [-0.39, 0.29) is 6.04 Å². The molecule has 3 rings (SSSR count). The van der Waals surface area contributed by atoms with Gasteiger partial charge in [0.05, 0.1) is 28.4 Å². The second-order valence-corrected chi connectivity index (χ2v) is 7.06. The topological polar surface area (TPSA) is 57.2 Å². The van der Waals surface area contributed by atoms with Crippen LogP contribution in [0.5, 0.6) is 23.0 Å². The van der Waals surface area contributed by atoms with E-state index in [1.54, 1.807) is 28.4 Å². The third kappa shape index (κ3) is 4.48. The summed E-state index contributed by atoms with van der Waals surface area (Å²) in [6.45, 7) is 1.63. The van der Waals surface area contributed by atoms with Crippen LogP contribution in [0.3, 0.4) is 0 Å². The molecule has 2 aromatic carbocycles. The molecule has 0 spiro atoms. The third-order valence-electron chi connectivity index (χ3n) is 5.52. The van der Waals surface area contributed by atoms with Crippen LogP contribution in [-0.2, 0) is 17.6 Å². The van der Waals surface area contributed by atoms with Gasteiger partial charge in [-0.2, -0.15) is 0 Å². The maximum atomic E-state index is 11.0. The van der Waals surface area contributed by atoms with E-state index in [9.17, 15) is 4.79 Å². The second kappa shape index (κ2) is 9.65. The van der Waals surface area contributed by atoms with Gasteiger partial charge in [-0.15, -0.1) is 0 Å². The minimum absolute atomic E-state index is 0.136. The molecule has 6 nitrogen and oxygen atoms in total. The summed E-state index contributed by atoms with van der Waals surface area (Å²) in [5.41, 5.74) is 3.62. The number of hydrogen-bond donors (Lipinski definition) is 0. The van der Waals surface area contributed by atoms with E-state index in [1.807, 2.05) is 12.1 Å². The lowest BCUT2D eigenvalue weighted by Crippen LogP contribution is -2.37. The molecule has 0 N–H and O–H groups in total. The Morgan fingerprint density at radius 1 is 0.931 bits per heavy atom. The van der Waals surface area contributed by atoms with Gasteiger partial charge in [0.1, 0.15) is 6.29 Å². The van der Waals surface area contributed by atoms with Crippen LogP contribution in [0.25, 0.3) is 0 Å². The van der Waals surface area contributed by atoms with E-state index in [0.29, 0.717) is 17.9 Å². The standard InChI is InChI=1S/C23H29NO5/c1-26-20-7-6-16(13-21(20)27-2)12-19-18-15-23(29-4)22(28-3)14-17(18)8-10-24(19)9-5-11-25/h6-7,11,13-15,19H,5,8-10,12H2,1-4H3/t19-/m1/s1. The monoisotopic (exact) mass is 399 g/mol. The number of rotatable bonds is 9. The molecule has 0 bridgehead atoms. The van der Waals surface area contributed by atoms with Gasteiger partial charge in [-0.25, -0.2) is 0 Å². The fraction of sp³-hybridized carbons (Fsp3) is 0.435. The fourth-order valence-corrected chi connectivity index (χ4v) is 4.04. The van der Waals surface area contributed by atoms with Crippen LogP contribution in [0, 0.1) is 0 Å². The van der Waals surface area contributed by atoms with Crippen LogP contribution in [0.2, 0.25) is 0 Å². The van der Waals surface area contributed by atoms with Crippen LogP contribution in [0.1, 0.15) is 29.2 Å². The molecule has 0 aromatic heterocycles. The minimum Gasteiger partial charge on any atom is -0.493 e. The molecule has 0 unspecified atom stereocenters. The number of ether oxygens (including phenoxy) is 4. The highest BCUT2D eigenvalue weighted by Gasteiger charge is 2.29. The molecule has 1 atom stereocenters. The average Bonchev–Trinajstić information content (AvgIpc) is 2.77. The van der Waals surface area contributed by atoms with Gasteiger partial charge in [-0.05, 0) is 53.8 Å². The molecule has 0 fully saturated rings. The number of methoxy groups -OCH3 is 4. The van der Waals surface area contributed by atoms with E-state index in [2.05, 4.69) is 23.1 Å². The molecule has 6 heteroatoms. The van der Waals surface area contributed by atoms with Gasteiger partial charge < -0.3 is 23.7 Å². The zero-order valence-electron chi connectivity index (χ0n) is 17.6. The molecule has 29 heavy (non-hydrogen) atoms. The Bertz CT molecular complexity index is 851. The summed E-state index contributed by atoms with van der Waals surface area (Å²) < 4.78 is 21.9. The zero-order valence-corrected chi connectivity index (χ0v) is 17.6. The quantitative estimate of drug-likeness (QED) is 0.602. The Morgan fingerprint density at radius 3 is 2.24 bits per heavy atom. The van der Waals surface area contributed by atoms with Crippen LogP contribution < -0.4 is 18.9 Å². The first-order chi connectivity index (χ1) is 14.1. The zero-order chi connectivity index (χ0) is 20.8. The van der Waals surface area contributed by atoms with Crippen molar-refractivity contribution in [1.82, 2.24) is 4.90 Å². The van der Waals surface area contributed by atoms with Crippen molar-refractivity contribution in [3.63, 3.8) is 0 Å². The summed E-state index contributed by atoms with van der Waals surface area (Å²) in [7, 11) is 6.59. The molecule has 1 aliphatic heterocycles.